The summed E-state index contributed by atoms with van der Waals surface area (Å²) < 4.78 is 1.01. The van der Waals surface area contributed by atoms with Gasteiger partial charge in [-0.25, -0.2) is 0 Å². The van der Waals surface area contributed by atoms with E-state index in [1.807, 2.05) is 30.3 Å². The summed E-state index contributed by atoms with van der Waals surface area (Å²) in [5.41, 5.74) is 2.55. The Morgan fingerprint density at radius 3 is 2.67 bits per heavy atom. The number of hydrogen-bond donors (Lipinski definition) is 1. The van der Waals surface area contributed by atoms with E-state index in [4.69, 9.17) is 16.9 Å². The van der Waals surface area contributed by atoms with Crippen LogP contribution in [-0.2, 0) is 6.54 Å². The van der Waals surface area contributed by atoms with Crippen molar-refractivity contribution in [3.05, 3.63) is 63.1 Å². The van der Waals surface area contributed by atoms with Crippen LogP contribution in [0.15, 0.2) is 46.9 Å². The third kappa shape index (κ3) is 3.04. The molecule has 18 heavy (non-hydrogen) atoms. The van der Waals surface area contributed by atoms with Gasteiger partial charge in [-0.3, -0.25) is 0 Å². The predicted octanol–water partition coefficient (Wildman–Crippen LogP) is 4.59. The molecule has 2 rings (SSSR count). The summed E-state index contributed by atoms with van der Waals surface area (Å²) in [7, 11) is 0. The second kappa shape index (κ2) is 5.90. The lowest BCUT2D eigenvalue weighted by Gasteiger charge is -2.09. The Hall–Kier alpha value is -1.50. The number of halogens is 2. The highest BCUT2D eigenvalue weighted by molar-refractivity contribution is 9.10. The lowest BCUT2D eigenvalue weighted by atomic mass is 10.1. The van der Waals surface area contributed by atoms with Crippen LogP contribution in [0.2, 0.25) is 5.02 Å². The highest BCUT2D eigenvalue weighted by Crippen LogP contribution is 2.23. The lowest BCUT2D eigenvalue weighted by Crippen LogP contribution is -2.00. The van der Waals surface area contributed by atoms with Gasteiger partial charge in [0.2, 0.25) is 0 Å². The van der Waals surface area contributed by atoms with Crippen molar-refractivity contribution in [1.82, 2.24) is 0 Å². The number of para-hydroxylation sites is 1. The fourth-order valence-electron chi connectivity index (χ4n) is 1.56. The Bertz CT molecular complexity index is 605. The van der Waals surface area contributed by atoms with Gasteiger partial charge in [0.15, 0.2) is 0 Å². The highest BCUT2D eigenvalue weighted by atomic mass is 79.9. The van der Waals surface area contributed by atoms with Crippen molar-refractivity contribution in [2.75, 3.05) is 5.32 Å². The fraction of sp³-hybridized carbons (Fsp3) is 0.0714. The molecule has 2 nitrogen and oxygen atoms in total. The van der Waals surface area contributed by atoms with E-state index in [-0.39, 0.29) is 0 Å². The molecule has 0 aliphatic heterocycles. The molecule has 0 saturated carbocycles. The molecule has 0 spiro atoms. The van der Waals surface area contributed by atoms with Crippen LogP contribution in [-0.4, -0.2) is 0 Å². The van der Waals surface area contributed by atoms with E-state index < -0.39 is 0 Å². The number of anilines is 1. The van der Waals surface area contributed by atoms with Crippen LogP contribution in [0.5, 0.6) is 0 Å². The van der Waals surface area contributed by atoms with E-state index in [2.05, 4.69) is 27.3 Å². The molecule has 0 aromatic heterocycles. The molecular formula is C14H10BrClN2. The van der Waals surface area contributed by atoms with Crippen LogP contribution in [0.3, 0.4) is 0 Å². The zero-order chi connectivity index (χ0) is 13.0. The second-order valence-electron chi connectivity index (χ2n) is 3.75. The molecule has 0 atom stereocenters. The molecular weight excluding hydrogens is 312 g/mol. The van der Waals surface area contributed by atoms with E-state index in [1.165, 1.54) is 0 Å². The molecule has 1 N–H and O–H groups in total. The van der Waals surface area contributed by atoms with Crippen LogP contribution in [0.25, 0.3) is 0 Å². The van der Waals surface area contributed by atoms with Crippen LogP contribution < -0.4 is 5.32 Å². The molecule has 90 valence electrons. The maximum Gasteiger partial charge on any atom is 0.0992 e. The van der Waals surface area contributed by atoms with Gasteiger partial charge in [0.25, 0.3) is 0 Å². The number of benzene rings is 2. The molecule has 0 bridgehead atoms. The van der Waals surface area contributed by atoms with Gasteiger partial charge in [-0.1, -0.05) is 29.8 Å². The normalized spacial score (nSPS) is 9.83. The van der Waals surface area contributed by atoms with Gasteiger partial charge >= 0.3 is 0 Å². The number of hydrogen-bond acceptors (Lipinski definition) is 2. The van der Waals surface area contributed by atoms with Gasteiger partial charge in [-0.15, -0.1) is 0 Å². The topological polar surface area (TPSA) is 35.8 Å². The van der Waals surface area contributed by atoms with Crippen LogP contribution >= 0.6 is 27.5 Å². The van der Waals surface area contributed by atoms with Gasteiger partial charge < -0.3 is 5.32 Å². The van der Waals surface area contributed by atoms with Crippen molar-refractivity contribution in [2.24, 2.45) is 0 Å². The quantitative estimate of drug-likeness (QED) is 0.897. The molecule has 4 heteroatoms. The first kappa shape index (κ1) is 12.9. The Morgan fingerprint density at radius 1 is 1.22 bits per heavy atom. The number of nitrogens with one attached hydrogen (secondary N) is 1. The van der Waals surface area contributed by atoms with Crippen LogP contribution in [0.4, 0.5) is 5.69 Å². The van der Waals surface area contributed by atoms with Crippen molar-refractivity contribution >= 4 is 33.2 Å². The summed E-state index contributed by atoms with van der Waals surface area (Å²) in [6.07, 6.45) is 0. The number of nitriles is 1. The average Bonchev–Trinajstić information content (AvgIpc) is 2.39. The second-order valence-corrected chi connectivity index (χ2v) is 5.01. The molecule has 0 aliphatic rings. The first-order chi connectivity index (χ1) is 8.70. The van der Waals surface area contributed by atoms with Crippen molar-refractivity contribution in [2.45, 2.75) is 6.54 Å². The van der Waals surface area contributed by atoms with Crippen molar-refractivity contribution in [3.63, 3.8) is 0 Å². The molecule has 0 saturated heterocycles. The van der Waals surface area contributed by atoms with E-state index >= 15 is 0 Å². The number of rotatable bonds is 3. The highest BCUT2D eigenvalue weighted by Gasteiger charge is 2.03. The lowest BCUT2D eigenvalue weighted by molar-refractivity contribution is 1.14. The average molecular weight is 322 g/mol. The summed E-state index contributed by atoms with van der Waals surface area (Å²) in [5.74, 6) is 0. The monoisotopic (exact) mass is 320 g/mol. The predicted molar refractivity (Wildman–Crippen MR) is 77.6 cm³/mol. The van der Waals surface area contributed by atoms with Crippen molar-refractivity contribution in [3.8, 4) is 6.07 Å². The summed E-state index contributed by atoms with van der Waals surface area (Å²) >= 11 is 9.58. The molecule has 0 radical (unpaired) electrons. The smallest absolute Gasteiger partial charge is 0.0992 e. The molecule has 0 fully saturated rings. The minimum atomic E-state index is 0.574. The standard InChI is InChI=1S/C14H10BrClN2/c15-12-3-1-2-4-14(12)18-9-11-6-5-10(8-17)7-13(11)16/h1-7,18H,9H2. The van der Waals surface area contributed by atoms with E-state index in [0.717, 1.165) is 15.7 Å². The van der Waals surface area contributed by atoms with Crippen LogP contribution in [0, 0.1) is 11.3 Å². The van der Waals surface area contributed by atoms with E-state index in [0.29, 0.717) is 17.1 Å². The minimum Gasteiger partial charge on any atom is -0.380 e. The van der Waals surface area contributed by atoms with E-state index in [9.17, 15) is 0 Å². The molecule has 2 aromatic carbocycles. The van der Waals surface area contributed by atoms with Crippen molar-refractivity contribution in [1.29, 1.82) is 5.26 Å². The van der Waals surface area contributed by atoms with Gasteiger partial charge in [0.1, 0.15) is 0 Å². The zero-order valence-corrected chi connectivity index (χ0v) is 11.8. The van der Waals surface area contributed by atoms with Gasteiger partial charge in [-0.05, 0) is 45.8 Å². The molecule has 0 amide bonds. The summed E-state index contributed by atoms with van der Waals surface area (Å²) in [5, 5.41) is 12.7. The first-order valence-electron chi connectivity index (χ1n) is 5.37. The molecule has 0 aliphatic carbocycles. The van der Waals surface area contributed by atoms with Crippen molar-refractivity contribution < 1.29 is 0 Å². The maximum absolute atomic E-state index is 8.77. The molecule has 2 aromatic rings. The SMILES string of the molecule is N#Cc1ccc(CNc2ccccc2Br)c(Cl)c1. The maximum atomic E-state index is 8.77. The van der Waals surface area contributed by atoms with Crippen LogP contribution in [0.1, 0.15) is 11.1 Å². The Balaban J connectivity index is 2.12. The van der Waals surface area contributed by atoms with Gasteiger partial charge in [0, 0.05) is 21.7 Å². The number of nitrogens with zero attached hydrogens (tertiary/aromatic N) is 1. The minimum absolute atomic E-state index is 0.574. The summed E-state index contributed by atoms with van der Waals surface area (Å²) in [4.78, 5) is 0. The van der Waals surface area contributed by atoms with E-state index in [1.54, 1.807) is 12.1 Å². The Labute approximate surface area is 119 Å². The molecule has 0 heterocycles. The summed E-state index contributed by atoms with van der Waals surface area (Å²) in [6, 6.07) is 15.3. The van der Waals surface area contributed by atoms with Gasteiger partial charge in [-0.2, -0.15) is 5.26 Å². The fourth-order valence-corrected chi connectivity index (χ4v) is 2.23. The van der Waals surface area contributed by atoms with Gasteiger partial charge in [0.05, 0.1) is 11.6 Å². The Morgan fingerprint density at radius 2 is 2.00 bits per heavy atom. The third-order valence-corrected chi connectivity index (χ3v) is 3.57. The largest absolute Gasteiger partial charge is 0.380 e. The first-order valence-corrected chi connectivity index (χ1v) is 6.55. The Kier molecular flexibility index (Phi) is 4.24. The zero-order valence-electron chi connectivity index (χ0n) is 9.45. The molecule has 0 unspecified atom stereocenters. The third-order valence-electron chi connectivity index (χ3n) is 2.53. The summed E-state index contributed by atoms with van der Waals surface area (Å²) in [6.45, 7) is 0.618.